The molecule has 1 aromatic rings. The van der Waals surface area contributed by atoms with Crippen LogP contribution in [-0.2, 0) is 17.8 Å². The highest BCUT2D eigenvalue weighted by molar-refractivity contribution is 5.25. The lowest BCUT2D eigenvalue weighted by Crippen LogP contribution is -2.24. The van der Waals surface area contributed by atoms with Crippen molar-refractivity contribution in [2.45, 2.75) is 13.0 Å². The van der Waals surface area contributed by atoms with E-state index >= 15 is 0 Å². The molecule has 3 N–H and O–H groups in total. The molecule has 5 heteroatoms. The molecular weight excluding hydrogens is 158 g/mol. The molecule has 64 valence electrons. The minimum Gasteiger partial charge on any atom is -0.375 e. The van der Waals surface area contributed by atoms with Crippen molar-refractivity contribution in [3.8, 4) is 0 Å². The summed E-state index contributed by atoms with van der Waals surface area (Å²) in [7, 11) is 0. The summed E-state index contributed by atoms with van der Waals surface area (Å²) in [6.07, 6.45) is 0.623. The monoisotopic (exact) mass is 167 g/mol. The minimum absolute atomic E-state index is 0.138. The van der Waals surface area contributed by atoms with E-state index in [1.807, 2.05) is 0 Å². The van der Waals surface area contributed by atoms with E-state index in [0.29, 0.717) is 30.9 Å². The molecule has 0 saturated heterocycles. The van der Waals surface area contributed by atoms with Crippen molar-refractivity contribution < 1.29 is 4.74 Å². The molecule has 2 heterocycles. The molecule has 0 amide bonds. The van der Waals surface area contributed by atoms with Crippen molar-refractivity contribution in [3.63, 3.8) is 0 Å². The largest absolute Gasteiger partial charge is 0.375 e. The highest BCUT2D eigenvalue weighted by atomic mass is 16.5. The van der Waals surface area contributed by atoms with Crippen LogP contribution >= 0.6 is 0 Å². The van der Waals surface area contributed by atoms with Crippen LogP contribution in [0.25, 0.3) is 0 Å². The van der Waals surface area contributed by atoms with Crippen LogP contribution in [0.5, 0.6) is 0 Å². The number of fused-ring (bicyclic) bond motifs is 1. The van der Waals surface area contributed by atoms with Gasteiger partial charge in [0.05, 0.1) is 18.9 Å². The average molecular weight is 167 g/mol. The fourth-order valence-corrected chi connectivity index (χ4v) is 1.28. The van der Waals surface area contributed by atoms with Crippen LogP contribution in [0.3, 0.4) is 0 Å². The van der Waals surface area contributed by atoms with Crippen molar-refractivity contribution >= 4 is 5.95 Å². The average Bonchev–Trinajstić information content (AvgIpc) is 2.04. The van der Waals surface area contributed by atoms with Crippen LogP contribution in [0.1, 0.15) is 11.3 Å². The Labute approximate surface area is 68.6 Å². The van der Waals surface area contributed by atoms with Gasteiger partial charge in [-0.05, 0) is 0 Å². The number of nitrogens with zero attached hydrogens (tertiary/aromatic N) is 1. The molecule has 1 aliphatic rings. The van der Waals surface area contributed by atoms with Crippen molar-refractivity contribution in [3.05, 3.63) is 21.6 Å². The molecule has 12 heavy (non-hydrogen) atoms. The van der Waals surface area contributed by atoms with Gasteiger partial charge in [-0.1, -0.05) is 0 Å². The zero-order valence-corrected chi connectivity index (χ0v) is 6.46. The maximum atomic E-state index is 11.3. The highest BCUT2D eigenvalue weighted by Crippen LogP contribution is 2.09. The number of nitrogen functional groups attached to an aromatic ring is 1. The summed E-state index contributed by atoms with van der Waals surface area (Å²) in [5.74, 6) is 0.157. The first-order valence-corrected chi connectivity index (χ1v) is 3.72. The third-order valence-electron chi connectivity index (χ3n) is 1.85. The molecule has 2 rings (SSSR count). The van der Waals surface area contributed by atoms with Crippen LogP contribution in [0.4, 0.5) is 5.95 Å². The summed E-state index contributed by atoms with van der Waals surface area (Å²) in [4.78, 5) is 17.7. The molecular formula is C7H9N3O2. The normalized spacial score (nSPS) is 15.7. The van der Waals surface area contributed by atoms with Crippen LogP contribution in [0.15, 0.2) is 4.79 Å². The third kappa shape index (κ3) is 1.08. The summed E-state index contributed by atoms with van der Waals surface area (Å²) in [6, 6.07) is 0. The summed E-state index contributed by atoms with van der Waals surface area (Å²) in [5.41, 5.74) is 6.60. The Bertz CT molecular complexity index is 358. The minimum atomic E-state index is -0.138. The van der Waals surface area contributed by atoms with E-state index in [1.165, 1.54) is 0 Å². The first kappa shape index (κ1) is 7.30. The second-order valence-corrected chi connectivity index (χ2v) is 2.68. The molecule has 0 atom stereocenters. The highest BCUT2D eigenvalue weighted by Gasteiger charge is 2.14. The fraction of sp³-hybridized carbons (Fsp3) is 0.429. The number of H-pyrrole nitrogens is 1. The Balaban J connectivity index is 2.60. The summed E-state index contributed by atoms with van der Waals surface area (Å²) < 4.78 is 5.14. The Morgan fingerprint density at radius 3 is 3.25 bits per heavy atom. The molecule has 5 nitrogen and oxygen atoms in total. The quantitative estimate of drug-likeness (QED) is 0.542. The van der Waals surface area contributed by atoms with Gasteiger partial charge < -0.3 is 10.5 Å². The van der Waals surface area contributed by atoms with E-state index < -0.39 is 0 Å². The Kier molecular flexibility index (Phi) is 1.58. The van der Waals surface area contributed by atoms with Gasteiger partial charge >= 0.3 is 0 Å². The van der Waals surface area contributed by atoms with Gasteiger partial charge in [0.1, 0.15) is 0 Å². The number of anilines is 1. The smallest absolute Gasteiger partial charge is 0.255 e. The predicted octanol–water partition coefficient (Wildman–Crippen LogP) is -0.575. The Morgan fingerprint density at radius 2 is 2.42 bits per heavy atom. The Morgan fingerprint density at radius 1 is 1.58 bits per heavy atom. The van der Waals surface area contributed by atoms with E-state index in [1.54, 1.807) is 0 Å². The maximum Gasteiger partial charge on any atom is 0.255 e. The van der Waals surface area contributed by atoms with Crippen molar-refractivity contribution in [1.29, 1.82) is 0 Å². The van der Waals surface area contributed by atoms with E-state index in [-0.39, 0.29) is 11.5 Å². The molecule has 0 aliphatic carbocycles. The van der Waals surface area contributed by atoms with Gasteiger partial charge in [0, 0.05) is 12.0 Å². The number of rotatable bonds is 0. The number of nitrogens with one attached hydrogen (secondary N) is 1. The van der Waals surface area contributed by atoms with Crippen molar-refractivity contribution in [1.82, 2.24) is 9.97 Å². The van der Waals surface area contributed by atoms with E-state index in [0.717, 1.165) is 0 Å². The molecule has 0 aromatic carbocycles. The van der Waals surface area contributed by atoms with Gasteiger partial charge in [0.2, 0.25) is 5.95 Å². The van der Waals surface area contributed by atoms with Crippen LogP contribution in [-0.4, -0.2) is 16.6 Å². The predicted molar refractivity (Wildman–Crippen MR) is 42.6 cm³/mol. The lowest BCUT2D eigenvalue weighted by atomic mass is 10.1. The maximum absolute atomic E-state index is 11.3. The molecule has 0 spiro atoms. The summed E-state index contributed by atoms with van der Waals surface area (Å²) >= 11 is 0. The van der Waals surface area contributed by atoms with Crippen molar-refractivity contribution in [2.24, 2.45) is 0 Å². The van der Waals surface area contributed by atoms with E-state index in [4.69, 9.17) is 10.5 Å². The van der Waals surface area contributed by atoms with Gasteiger partial charge in [0.15, 0.2) is 0 Å². The number of nitrogens with two attached hydrogens (primary N) is 1. The second-order valence-electron chi connectivity index (χ2n) is 2.68. The summed E-state index contributed by atoms with van der Waals surface area (Å²) in [5, 5.41) is 0. The molecule has 0 bridgehead atoms. The van der Waals surface area contributed by atoms with E-state index in [2.05, 4.69) is 9.97 Å². The first-order valence-electron chi connectivity index (χ1n) is 3.72. The topological polar surface area (TPSA) is 81.0 Å². The molecule has 0 saturated carbocycles. The summed E-state index contributed by atoms with van der Waals surface area (Å²) in [6.45, 7) is 0.977. The Hall–Kier alpha value is -1.36. The fourth-order valence-electron chi connectivity index (χ4n) is 1.28. The van der Waals surface area contributed by atoms with Gasteiger partial charge in [-0.15, -0.1) is 0 Å². The SMILES string of the molecule is Nc1nc2c(c(=O)[nH]1)CCOC2. The van der Waals surface area contributed by atoms with Gasteiger partial charge in [-0.25, -0.2) is 4.98 Å². The number of hydrogen-bond donors (Lipinski definition) is 2. The number of aromatic amines is 1. The molecule has 0 unspecified atom stereocenters. The van der Waals surface area contributed by atoms with Crippen LogP contribution < -0.4 is 11.3 Å². The first-order chi connectivity index (χ1) is 5.77. The van der Waals surface area contributed by atoms with E-state index in [9.17, 15) is 4.79 Å². The molecule has 0 fully saturated rings. The lowest BCUT2D eigenvalue weighted by molar-refractivity contribution is 0.107. The number of ether oxygens (including phenoxy) is 1. The van der Waals surface area contributed by atoms with Gasteiger partial charge in [-0.2, -0.15) is 0 Å². The molecule has 1 aliphatic heterocycles. The second kappa shape index (κ2) is 2.60. The number of aromatic nitrogens is 2. The van der Waals surface area contributed by atoms with Gasteiger partial charge in [-0.3, -0.25) is 9.78 Å². The zero-order chi connectivity index (χ0) is 8.55. The number of hydrogen-bond acceptors (Lipinski definition) is 4. The zero-order valence-electron chi connectivity index (χ0n) is 6.46. The lowest BCUT2D eigenvalue weighted by Gasteiger charge is -2.13. The molecule has 1 aromatic heterocycles. The van der Waals surface area contributed by atoms with Gasteiger partial charge in [0.25, 0.3) is 5.56 Å². The molecule has 0 radical (unpaired) electrons. The standard InChI is InChI=1S/C7H9N3O2/c8-7-9-5-3-12-2-1-4(5)6(11)10-7/h1-3H2,(H3,8,9,10,11). The van der Waals surface area contributed by atoms with Crippen LogP contribution in [0.2, 0.25) is 0 Å². The third-order valence-corrected chi connectivity index (χ3v) is 1.85. The van der Waals surface area contributed by atoms with Crippen LogP contribution in [0, 0.1) is 0 Å². The van der Waals surface area contributed by atoms with Crippen molar-refractivity contribution in [2.75, 3.05) is 12.3 Å².